The van der Waals surface area contributed by atoms with E-state index in [1.165, 1.54) is 5.56 Å². The van der Waals surface area contributed by atoms with Crippen molar-refractivity contribution in [2.45, 2.75) is 51.2 Å². The largest absolute Gasteiger partial charge is 0.386 e. The number of rotatable bonds is 4. The third-order valence-electron chi connectivity index (χ3n) is 3.82. The minimum absolute atomic E-state index is 0.141. The Morgan fingerprint density at radius 3 is 2.35 bits per heavy atom. The molecular formula is C17H26O3. The van der Waals surface area contributed by atoms with Gasteiger partial charge in [0.05, 0.1) is 12.7 Å². The Kier molecular flexibility index (Phi) is 5.19. The Morgan fingerprint density at radius 2 is 1.80 bits per heavy atom. The fourth-order valence-corrected chi connectivity index (χ4v) is 2.37. The van der Waals surface area contributed by atoms with Gasteiger partial charge in [-0.1, -0.05) is 45.0 Å². The summed E-state index contributed by atoms with van der Waals surface area (Å²) in [6.07, 6.45) is 1.53. The smallest absolute Gasteiger partial charge is 0.102 e. The zero-order valence-electron chi connectivity index (χ0n) is 12.8. The number of aliphatic hydroxyl groups is 1. The topological polar surface area (TPSA) is 38.7 Å². The van der Waals surface area contributed by atoms with Crippen molar-refractivity contribution in [2.75, 3.05) is 19.8 Å². The van der Waals surface area contributed by atoms with Gasteiger partial charge in [-0.25, -0.2) is 0 Å². The van der Waals surface area contributed by atoms with Crippen LogP contribution in [0, 0.1) is 0 Å². The standard InChI is InChI=1S/C17H26O3/c1-17(2,3)14-6-4-13(5-7-14)16(18)12-20-15-8-10-19-11-9-15/h4-7,15-16,18H,8-12H2,1-3H3. The number of benzene rings is 1. The quantitative estimate of drug-likeness (QED) is 0.919. The second kappa shape index (κ2) is 6.70. The summed E-state index contributed by atoms with van der Waals surface area (Å²) in [7, 11) is 0. The highest BCUT2D eigenvalue weighted by atomic mass is 16.5. The second-order valence-corrected chi connectivity index (χ2v) is 6.53. The van der Waals surface area contributed by atoms with E-state index in [1.54, 1.807) is 0 Å². The molecule has 112 valence electrons. The van der Waals surface area contributed by atoms with Gasteiger partial charge in [0.15, 0.2) is 0 Å². The molecule has 1 atom stereocenters. The first-order valence-corrected chi connectivity index (χ1v) is 7.44. The van der Waals surface area contributed by atoms with Gasteiger partial charge in [0, 0.05) is 13.2 Å². The fourth-order valence-electron chi connectivity index (χ4n) is 2.37. The molecule has 1 N–H and O–H groups in total. The van der Waals surface area contributed by atoms with E-state index in [2.05, 4.69) is 32.9 Å². The van der Waals surface area contributed by atoms with Crippen molar-refractivity contribution in [3.05, 3.63) is 35.4 Å². The van der Waals surface area contributed by atoms with E-state index >= 15 is 0 Å². The van der Waals surface area contributed by atoms with Gasteiger partial charge in [-0.3, -0.25) is 0 Å². The maximum atomic E-state index is 10.2. The Bertz CT molecular complexity index is 399. The Balaban J connectivity index is 1.87. The average Bonchev–Trinajstić information content (AvgIpc) is 2.45. The molecule has 1 fully saturated rings. The highest BCUT2D eigenvalue weighted by Gasteiger charge is 2.18. The second-order valence-electron chi connectivity index (χ2n) is 6.53. The van der Waals surface area contributed by atoms with Crippen LogP contribution >= 0.6 is 0 Å². The van der Waals surface area contributed by atoms with Crippen molar-refractivity contribution >= 4 is 0 Å². The molecule has 0 aliphatic carbocycles. The van der Waals surface area contributed by atoms with Crippen molar-refractivity contribution in [1.82, 2.24) is 0 Å². The van der Waals surface area contributed by atoms with Crippen LogP contribution in [-0.2, 0) is 14.9 Å². The fraction of sp³-hybridized carbons (Fsp3) is 0.647. The van der Waals surface area contributed by atoms with E-state index in [9.17, 15) is 5.11 Å². The summed E-state index contributed by atoms with van der Waals surface area (Å²) in [6, 6.07) is 8.18. The van der Waals surface area contributed by atoms with Crippen LogP contribution in [0.3, 0.4) is 0 Å². The predicted octanol–water partition coefficient (Wildman–Crippen LogP) is 3.21. The average molecular weight is 278 g/mol. The first kappa shape index (κ1) is 15.5. The van der Waals surface area contributed by atoms with E-state index in [0.29, 0.717) is 6.61 Å². The molecule has 2 rings (SSSR count). The van der Waals surface area contributed by atoms with Gasteiger partial charge in [0.1, 0.15) is 6.10 Å². The summed E-state index contributed by atoms with van der Waals surface area (Å²) in [4.78, 5) is 0. The molecule has 1 heterocycles. The molecule has 1 aliphatic heterocycles. The summed E-state index contributed by atoms with van der Waals surface area (Å²) in [5, 5.41) is 10.2. The van der Waals surface area contributed by atoms with Gasteiger partial charge in [0.25, 0.3) is 0 Å². The summed E-state index contributed by atoms with van der Waals surface area (Å²) >= 11 is 0. The van der Waals surface area contributed by atoms with Crippen LogP contribution in [0.1, 0.15) is 50.8 Å². The zero-order chi connectivity index (χ0) is 14.6. The monoisotopic (exact) mass is 278 g/mol. The third-order valence-corrected chi connectivity index (χ3v) is 3.82. The van der Waals surface area contributed by atoms with Crippen molar-refractivity contribution in [3.63, 3.8) is 0 Å². The van der Waals surface area contributed by atoms with E-state index < -0.39 is 6.10 Å². The van der Waals surface area contributed by atoms with Crippen molar-refractivity contribution in [1.29, 1.82) is 0 Å². The lowest BCUT2D eigenvalue weighted by atomic mass is 9.86. The molecule has 0 aromatic heterocycles. The molecular weight excluding hydrogens is 252 g/mol. The van der Waals surface area contributed by atoms with Crippen LogP contribution in [-0.4, -0.2) is 31.0 Å². The highest BCUT2D eigenvalue weighted by molar-refractivity contribution is 5.28. The number of hydrogen-bond acceptors (Lipinski definition) is 3. The number of aliphatic hydroxyl groups excluding tert-OH is 1. The molecule has 3 heteroatoms. The first-order valence-electron chi connectivity index (χ1n) is 7.44. The minimum atomic E-state index is -0.549. The summed E-state index contributed by atoms with van der Waals surface area (Å²) < 4.78 is 11.1. The lowest BCUT2D eigenvalue weighted by Gasteiger charge is -2.24. The maximum Gasteiger partial charge on any atom is 0.102 e. The van der Waals surface area contributed by atoms with E-state index in [4.69, 9.17) is 9.47 Å². The van der Waals surface area contributed by atoms with Crippen LogP contribution in [0.4, 0.5) is 0 Å². The van der Waals surface area contributed by atoms with E-state index in [1.807, 2.05) is 12.1 Å². The molecule has 0 radical (unpaired) electrons. The molecule has 0 spiro atoms. The zero-order valence-corrected chi connectivity index (χ0v) is 12.8. The lowest BCUT2D eigenvalue weighted by Crippen LogP contribution is -2.25. The number of hydrogen-bond donors (Lipinski definition) is 1. The summed E-state index contributed by atoms with van der Waals surface area (Å²) in [5.41, 5.74) is 2.34. The van der Waals surface area contributed by atoms with Crippen molar-refractivity contribution < 1.29 is 14.6 Å². The third kappa shape index (κ3) is 4.30. The first-order chi connectivity index (χ1) is 9.47. The molecule has 0 saturated carbocycles. The SMILES string of the molecule is CC(C)(C)c1ccc(C(O)COC2CCOCC2)cc1. The molecule has 3 nitrogen and oxygen atoms in total. The molecule has 1 aromatic carbocycles. The predicted molar refractivity (Wildman–Crippen MR) is 79.9 cm³/mol. The van der Waals surface area contributed by atoms with E-state index in [0.717, 1.165) is 31.6 Å². The Labute approximate surface area is 121 Å². The van der Waals surface area contributed by atoms with Crippen LogP contribution in [0.25, 0.3) is 0 Å². The van der Waals surface area contributed by atoms with Gasteiger partial charge in [0.2, 0.25) is 0 Å². The van der Waals surface area contributed by atoms with Gasteiger partial charge >= 0.3 is 0 Å². The van der Waals surface area contributed by atoms with Crippen LogP contribution in [0.15, 0.2) is 24.3 Å². The number of ether oxygens (including phenoxy) is 2. The highest BCUT2D eigenvalue weighted by Crippen LogP contribution is 2.24. The van der Waals surface area contributed by atoms with Crippen LogP contribution in [0.2, 0.25) is 0 Å². The Hall–Kier alpha value is -0.900. The Morgan fingerprint density at radius 1 is 1.20 bits per heavy atom. The summed E-state index contributed by atoms with van der Waals surface area (Å²) in [6.45, 7) is 8.45. The summed E-state index contributed by atoms with van der Waals surface area (Å²) in [5.74, 6) is 0. The van der Waals surface area contributed by atoms with Crippen LogP contribution in [0.5, 0.6) is 0 Å². The molecule has 20 heavy (non-hydrogen) atoms. The molecule has 1 unspecified atom stereocenters. The van der Waals surface area contributed by atoms with Crippen molar-refractivity contribution in [2.24, 2.45) is 0 Å². The normalized spacial score (nSPS) is 19.0. The van der Waals surface area contributed by atoms with Crippen molar-refractivity contribution in [3.8, 4) is 0 Å². The molecule has 1 saturated heterocycles. The van der Waals surface area contributed by atoms with Gasteiger partial charge in [-0.05, 0) is 29.4 Å². The minimum Gasteiger partial charge on any atom is -0.386 e. The van der Waals surface area contributed by atoms with Gasteiger partial charge in [-0.2, -0.15) is 0 Å². The molecule has 0 amide bonds. The van der Waals surface area contributed by atoms with Crippen LogP contribution < -0.4 is 0 Å². The van der Waals surface area contributed by atoms with Gasteiger partial charge < -0.3 is 14.6 Å². The molecule has 1 aliphatic rings. The lowest BCUT2D eigenvalue weighted by molar-refractivity contribution is -0.0598. The van der Waals surface area contributed by atoms with E-state index in [-0.39, 0.29) is 11.5 Å². The maximum absolute atomic E-state index is 10.2. The van der Waals surface area contributed by atoms with Gasteiger partial charge in [-0.15, -0.1) is 0 Å². The molecule has 0 bridgehead atoms. The molecule has 1 aromatic rings.